The number of methoxy groups -OCH3 is 2. The van der Waals surface area contributed by atoms with Gasteiger partial charge in [-0.05, 0) is 31.0 Å². The summed E-state index contributed by atoms with van der Waals surface area (Å²) in [6.45, 7) is 2.58. The van der Waals surface area contributed by atoms with Crippen LogP contribution in [-0.4, -0.2) is 51.1 Å². The van der Waals surface area contributed by atoms with Crippen LogP contribution in [0.4, 0.5) is 0 Å². The standard InChI is InChI=1S/C18H22N2O5S/c1-13-4-7-18(19-11-13)25-15-8-9-20(12-15)26(21,22)17-10-14(23-2)5-6-16(17)24-3/h4-7,10-11,15H,8-9,12H2,1-3H3. The quantitative estimate of drug-likeness (QED) is 0.767. The zero-order chi connectivity index (χ0) is 18.7. The normalized spacial score (nSPS) is 17.9. The molecule has 1 aliphatic rings. The zero-order valence-electron chi connectivity index (χ0n) is 15.0. The molecular formula is C18H22N2O5S. The molecule has 0 amide bonds. The van der Waals surface area contributed by atoms with Gasteiger partial charge < -0.3 is 14.2 Å². The number of sulfonamides is 1. The molecule has 1 fully saturated rings. The summed E-state index contributed by atoms with van der Waals surface area (Å²) in [7, 11) is -0.781. The number of pyridine rings is 1. The molecule has 0 saturated carbocycles. The van der Waals surface area contributed by atoms with Crippen molar-refractivity contribution in [3.05, 3.63) is 42.1 Å². The minimum Gasteiger partial charge on any atom is -0.497 e. The molecule has 8 heteroatoms. The summed E-state index contributed by atoms with van der Waals surface area (Å²) in [6, 6.07) is 8.43. The second-order valence-electron chi connectivity index (χ2n) is 6.08. The highest BCUT2D eigenvalue weighted by molar-refractivity contribution is 7.89. The van der Waals surface area contributed by atoms with Gasteiger partial charge in [0.25, 0.3) is 0 Å². The first-order valence-electron chi connectivity index (χ1n) is 8.25. The van der Waals surface area contributed by atoms with Crippen molar-refractivity contribution >= 4 is 10.0 Å². The lowest BCUT2D eigenvalue weighted by molar-refractivity contribution is 0.207. The fraction of sp³-hybridized carbons (Fsp3) is 0.389. The number of aromatic nitrogens is 1. The highest BCUT2D eigenvalue weighted by Gasteiger charge is 2.35. The predicted molar refractivity (Wildman–Crippen MR) is 96.3 cm³/mol. The molecule has 0 spiro atoms. The van der Waals surface area contributed by atoms with Gasteiger partial charge in [-0.1, -0.05) is 6.07 Å². The molecule has 1 unspecified atom stereocenters. The lowest BCUT2D eigenvalue weighted by Gasteiger charge is -2.19. The summed E-state index contributed by atoms with van der Waals surface area (Å²) in [5.74, 6) is 1.24. The minimum absolute atomic E-state index is 0.0912. The predicted octanol–water partition coefficient (Wildman–Crippen LogP) is 2.25. The molecule has 1 aliphatic heterocycles. The summed E-state index contributed by atoms with van der Waals surface area (Å²) in [6.07, 6.45) is 2.08. The van der Waals surface area contributed by atoms with Crippen LogP contribution in [0.5, 0.6) is 17.4 Å². The molecule has 3 rings (SSSR count). The van der Waals surface area contributed by atoms with Crippen molar-refractivity contribution in [3.63, 3.8) is 0 Å². The van der Waals surface area contributed by atoms with Crippen molar-refractivity contribution in [3.8, 4) is 17.4 Å². The van der Waals surface area contributed by atoms with E-state index in [2.05, 4.69) is 4.98 Å². The Labute approximate surface area is 153 Å². The van der Waals surface area contributed by atoms with Crippen molar-refractivity contribution < 1.29 is 22.6 Å². The van der Waals surface area contributed by atoms with E-state index in [1.807, 2.05) is 13.0 Å². The Morgan fingerprint density at radius 2 is 1.96 bits per heavy atom. The third kappa shape index (κ3) is 3.76. The van der Waals surface area contributed by atoms with Crippen LogP contribution in [-0.2, 0) is 10.0 Å². The lowest BCUT2D eigenvalue weighted by Crippen LogP contribution is -2.31. The molecule has 0 aliphatic carbocycles. The van der Waals surface area contributed by atoms with Gasteiger partial charge in [0.05, 0.1) is 20.8 Å². The Bertz CT molecular complexity index is 868. The SMILES string of the molecule is COc1ccc(OC)c(S(=O)(=O)N2CCC(Oc3ccc(C)cn3)C2)c1. The summed E-state index contributed by atoms with van der Waals surface area (Å²) < 4.78 is 43.7. The van der Waals surface area contributed by atoms with E-state index in [1.165, 1.54) is 24.6 Å². The average Bonchev–Trinajstić information content (AvgIpc) is 3.12. The second-order valence-corrected chi connectivity index (χ2v) is 7.99. The summed E-state index contributed by atoms with van der Waals surface area (Å²) in [4.78, 5) is 4.30. The largest absolute Gasteiger partial charge is 0.497 e. The van der Waals surface area contributed by atoms with Gasteiger partial charge in [0, 0.05) is 24.9 Å². The maximum Gasteiger partial charge on any atom is 0.247 e. The number of hydrogen-bond donors (Lipinski definition) is 0. The fourth-order valence-corrected chi connectivity index (χ4v) is 4.49. The Balaban J connectivity index is 1.78. The third-order valence-corrected chi connectivity index (χ3v) is 6.15. The number of hydrogen-bond acceptors (Lipinski definition) is 6. The van der Waals surface area contributed by atoms with Crippen molar-refractivity contribution in [1.29, 1.82) is 0 Å². The molecule has 1 aromatic carbocycles. The van der Waals surface area contributed by atoms with E-state index in [9.17, 15) is 8.42 Å². The van der Waals surface area contributed by atoms with E-state index in [-0.39, 0.29) is 23.3 Å². The van der Waals surface area contributed by atoms with E-state index in [0.717, 1.165) is 5.56 Å². The van der Waals surface area contributed by atoms with Crippen LogP contribution >= 0.6 is 0 Å². The number of benzene rings is 1. The third-order valence-electron chi connectivity index (χ3n) is 4.27. The molecule has 0 N–H and O–H groups in total. The van der Waals surface area contributed by atoms with E-state index in [1.54, 1.807) is 24.4 Å². The molecule has 7 nitrogen and oxygen atoms in total. The smallest absolute Gasteiger partial charge is 0.247 e. The van der Waals surface area contributed by atoms with Gasteiger partial charge in [0.15, 0.2) is 0 Å². The monoisotopic (exact) mass is 378 g/mol. The molecule has 26 heavy (non-hydrogen) atoms. The van der Waals surface area contributed by atoms with Crippen LogP contribution in [0.25, 0.3) is 0 Å². The van der Waals surface area contributed by atoms with Gasteiger partial charge in [0.2, 0.25) is 15.9 Å². The first-order chi connectivity index (χ1) is 12.4. The lowest BCUT2D eigenvalue weighted by atomic mass is 10.3. The van der Waals surface area contributed by atoms with Gasteiger partial charge in [-0.15, -0.1) is 0 Å². The van der Waals surface area contributed by atoms with Crippen molar-refractivity contribution in [1.82, 2.24) is 9.29 Å². The first-order valence-corrected chi connectivity index (χ1v) is 9.69. The van der Waals surface area contributed by atoms with Gasteiger partial charge in [0.1, 0.15) is 22.5 Å². The van der Waals surface area contributed by atoms with Gasteiger partial charge in [-0.2, -0.15) is 4.31 Å². The molecule has 1 saturated heterocycles. The minimum atomic E-state index is -3.72. The molecule has 0 radical (unpaired) electrons. The number of rotatable bonds is 6. The fourth-order valence-electron chi connectivity index (χ4n) is 2.83. The van der Waals surface area contributed by atoms with Gasteiger partial charge >= 0.3 is 0 Å². The van der Waals surface area contributed by atoms with E-state index in [0.29, 0.717) is 24.6 Å². The summed E-state index contributed by atoms with van der Waals surface area (Å²) in [5, 5.41) is 0. The Morgan fingerprint density at radius 3 is 2.62 bits per heavy atom. The highest BCUT2D eigenvalue weighted by atomic mass is 32.2. The van der Waals surface area contributed by atoms with Crippen molar-refractivity contribution in [2.75, 3.05) is 27.3 Å². The molecular weight excluding hydrogens is 356 g/mol. The first kappa shape index (κ1) is 18.5. The second kappa shape index (κ2) is 7.51. The molecule has 1 atom stereocenters. The van der Waals surface area contributed by atoms with Gasteiger partial charge in [-0.3, -0.25) is 0 Å². The number of aryl methyl sites for hydroxylation is 1. The number of nitrogens with zero attached hydrogens (tertiary/aromatic N) is 2. The Hall–Kier alpha value is -2.32. The Kier molecular flexibility index (Phi) is 5.33. The van der Waals surface area contributed by atoms with Crippen LogP contribution in [0, 0.1) is 6.92 Å². The van der Waals surface area contributed by atoms with E-state index >= 15 is 0 Å². The maximum atomic E-state index is 13.0. The molecule has 0 bridgehead atoms. The summed E-state index contributed by atoms with van der Waals surface area (Å²) in [5.41, 5.74) is 1.04. The zero-order valence-corrected chi connectivity index (χ0v) is 15.8. The van der Waals surface area contributed by atoms with Gasteiger partial charge in [-0.25, -0.2) is 13.4 Å². The topological polar surface area (TPSA) is 78.0 Å². The maximum absolute atomic E-state index is 13.0. The Morgan fingerprint density at radius 1 is 1.15 bits per heavy atom. The number of ether oxygens (including phenoxy) is 3. The van der Waals surface area contributed by atoms with Crippen LogP contribution in [0.3, 0.4) is 0 Å². The van der Waals surface area contributed by atoms with Crippen LogP contribution in [0.2, 0.25) is 0 Å². The molecule has 2 aromatic rings. The van der Waals surface area contributed by atoms with E-state index < -0.39 is 10.0 Å². The van der Waals surface area contributed by atoms with E-state index in [4.69, 9.17) is 14.2 Å². The summed E-state index contributed by atoms with van der Waals surface area (Å²) >= 11 is 0. The van der Waals surface area contributed by atoms with Crippen LogP contribution in [0.1, 0.15) is 12.0 Å². The molecule has 2 heterocycles. The highest BCUT2D eigenvalue weighted by Crippen LogP contribution is 2.32. The molecule has 1 aromatic heterocycles. The van der Waals surface area contributed by atoms with Crippen molar-refractivity contribution in [2.24, 2.45) is 0 Å². The molecule has 140 valence electrons. The van der Waals surface area contributed by atoms with Crippen LogP contribution < -0.4 is 14.2 Å². The van der Waals surface area contributed by atoms with Crippen molar-refractivity contribution in [2.45, 2.75) is 24.3 Å². The van der Waals surface area contributed by atoms with Crippen LogP contribution in [0.15, 0.2) is 41.4 Å². The average molecular weight is 378 g/mol.